The van der Waals surface area contributed by atoms with Crippen LogP contribution in [-0.4, -0.2) is 12.2 Å². The van der Waals surface area contributed by atoms with Gasteiger partial charge in [0.2, 0.25) is 5.91 Å². The molecule has 0 atom stereocenters. The van der Waals surface area contributed by atoms with Gasteiger partial charge in [-0.15, -0.1) is 0 Å². The highest BCUT2D eigenvalue weighted by molar-refractivity contribution is 5.93. The molecular weight excluding hydrogens is 128 g/mol. The fraction of sp³-hybridized carbons (Fsp3) is 0.429. The maximum atomic E-state index is 11.1. The zero-order valence-electron chi connectivity index (χ0n) is 6.09. The summed E-state index contributed by atoms with van der Waals surface area (Å²) >= 11 is 0. The molecule has 10 heavy (non-hydrogen) atoms. The van der Waals surface area contributed by atoms with Crippen molar-refractivity contribution in [1.29, 1.82) is 0 Å². The van der Waals surface area contributed by atoms with Crippen molar-refractivity contribution >= 4 is 12.2 Å². The normalized spacial score (nSPS) is 22.0. The van der Waals surface area contributed by atoms with E-state index in [-0.39, 0.29) is 5.91 Å². The van der Waals surface area contributed by atoms with Crippen LogP contribution in [-0.2, 0) is 4.79 Å². The lowest BCUT2D eigenvalue weighted by molar-refractivity contribution is -0.125. The second-order valence-electron chi connectivity index (χ2n) is 2.79. The second-order valence-corrected chi connectivity index (χ2v) is 2.79. The fourth-order valence-electron chi connectivity index (χ4n) is 0.630. The van der Waals surface area contributed by atoms with Crippen LogP contribution < -0.4 is 5.32 Å². The molecule has 1 aliphatic rings. The van der Waals surface area contributed by atoms with Crippen molar-refractivity contribution in [3.05, 3.63) is 12.3 Å². The Morgan fingerprint density at radius 1 is 1.60 bits per heavy atom. The Morgan fingerprint density at radius 2 is 2.30 bits per heavy atom. The first kappa shape index (κ1) is 6.99. The molecule has 54 valence electrons. The van der Waals surface area contributed by atoms with Gasteiger partial charge in [0.05, 0.1) is 11.8 Å². The molecule has 0 aromatic rings. The van der Waals surface area contributed by atoms with E-state index in [1.807, 2.05) is 13.8 Å². The molecule has 0 spiro atoms. The highest BCUT2D eigenvalue weighted by Gasteiger charge is 2.24. The molecule has 0 aromatic heterocycles. The number of aliphatic imine (C=N–C) groups is 1. The highest BCUT2D eigenvalue weighted by atomic mass is 16.2. The minimum Gasteiger partial charge on any atom is -0.316 e. The zero-order valence-corrected chi connectivity index (χ0v) is 6.09. The van der Waals surface area contributed by atoms with E-state index >= 15 is 0 Å². The summed E-state index contributed by atoms with van der Waals surface area (Å²) in [5.74, 6) is -0.0231. The van der Waals surface area contributed by atoms with Crippen LogP contribution in [0.3, 0.4) is 0 Å². The Morgan fingerprint density at radius 3 is 3.00 bits per heavy atom. The van der Waals surface area contributed by atoms with Gasteiger partial charge in [-0.05, 0) is 13.8 Å². The van der Waals surface area contributed by atoms with Crippen molar-refractivity contribution in [1.82, 2.24) is 5.32 Å². The van der Waals surface area contributed by atoms with Crippen LogP contribution >= 0.6 is 0 Å². The van der Waals surface area contributed by atoms with Crippen LogP contribution in [0.1, 0.15) is 13.8 Å². The topological polar surface area (TPSA) is 41.5 Å². The molecule has 0 radical (unpaired) electrons. The van der Waals surface area contributed by atoms with E-state index < -0.39 is 5.41 Å². The van der Waals surface area contributed by atoms with E-state index in [0.29, 0.717) is 0 Å². The summed E-state index contributed by atoms with van der Waals surface area (Å²) in [5, 5.41) is 2.54. The van der Waals surface area contributed by atoms with E-state index in [1.54, 1.807) is 12.3 Å². The number of amides is 1. The van der Waals surface area contributed by atoms with E-state index in [4.69, 9.17) is 0 Å². The van der Waals surface area contributed by atoms with E-state index in [2.05, 4.69) is 10.3 Å². The molecule has 3 heteroatoms. The first-order valence-corrected chi connectivity index (χ1v) is 3.13. The van der Waals surface area contributed by atoms with Crippen LogP contribution in [0.4, 0.5) is 0 Å². The van der Waals surface area contributed by atoms with Crippen molar-refractivity contribution in [2.75, 3.05) is 0 Å². The van der Waals surface area contributed by atoms with Gasteiger partial charge in [-0.2, -0.15) is 0 Å². The second kappa shape index (κ2) is 2.25. The zero-order chi connectivity index (χ0) is 7.61. The Bertz CT molecular complexity index is 204. The van der Waals surface area contributed by atoms with E-state index in [9.17, 15) is 4.79 Å². The quantitative estimate of drug-likeness (QED) is 0.525. The molecule has 1 aliphatic heterocycles. The van der Waals surface area contributed by atoms with Crippen molar-refractivity contribution in [3.8, 4) is 0 Å². The molecule has 0 fully saturated rings. The van der Waals surface area contributed by atoms with Crippen molar-refractivity contribution < 1.29 is 4.79 Å². The van der Waals surface area contributed by atoms with Crippen LogP contribution in [0.2, 0.25) is 0 Å². The summed E-state index contributed by atoms with van der Waals surface area (Å²) in [7, 11) is 0. The van der Waals surface area contributed by atoms with Gasteiger partial charge in [-0.25, -0.2) is 4.99 Å². The van der Waals surface area contributed by atoms with Gasteiger partial charge in [0, 0.05) is 6.20 Å². The molecular formula is C7H10N2O. The number of carbonyl (C=O) groups excluding carboxylic acids is 1. The minimum absolute atomic E-state index is 0.0231. The molecule has 3 nitrogen and oxygen atoms in total. The standard InChI is InChI=1S/C7H10N2O/c1-7(2)3-4-8-5-9-6(7)10/h3-5H,1-2H3,(H,8,9,10). The van der Waals surface area contributed by atoms with Crippen LogP contribution in [0.25, 0.3) is 0 Å². The average Bonchev–Trinajstić information content (AvgIpc) is 1.96. The summed E-state index contributed by atoms with van der Waals surface area (Å²) in [4.78, 5) is 14.9. The van der Waals surface area contributed by atoms with Crippen LogP contribution in [0, 0.1) is 5.41 Å². The minimum atomic E-state index is -0.434. The molecule has 1 amide bonds. The van der Waals surface area contributed by atoms with Crippen molar-refractivity contribution in [3.63, 3.8) is 0 Å². The fourth-order valence-corrected chi connectivity index (χ4v) is 0.630. The first-order valence-electron chi connectivity index (χ1n) is 3.13. The summed E-state index contributed by atoms with van der Waals surface area (Å²) < 4.78 is 0. The van der Waals surface area contributed by atoms with Gasteiger partial charge < -0.3 is 5.32 Å². The molecule has 1 heterocycles. The third-order valence-electron chi connectivity index (χ3n) is 1.43. The van der Waals surface area contributed by atoms with Gasteiger partial charge in [0.1, 0.15) is 0 Å². The number of rotatable bonds is 0. The van der Waals surface area contributed by atoms with Crippen molar-refractivity contribution in [2.24, 2.45) is 10.4 Å². The van der Waals surface area contributed by atoms with E-state index in [1.165, 1.54) is 6.34 Å². The highest BCUT2D eigenvalue weighted by Crippen LogP contribution is 2.17. The molecule has 0 bridgehead atoms. The molecule has 0 saturated carbocycles. The molecule has 1 rings (SSSR count). The molecule has 1 N–H and O–H groups in total. The molecule has 0 aromatic carbocycles. The third kappa shape index (κ3) is 1.23. The summed E-state index contributed by atoms with van der Waals surface area (Å²) in [6.07, 6.45) is 4.79. The summed E-state index contributed by atoms with van der Waals surface area (Å²) in [6, 6.07) is 0. The number of carbonyl (C=O) groups is 1. The lowest BCUT2D eigenvalue weighted by Gasteiger charge is -2.14. The van der Waals surface area contributed by atoms with E-state index in [0.717, 1.165) is 0 Å². The van der Waals surface area contributed by atoms with Gasteiger partial charge in [0.15, 0.2) is 0 Å². The van der Waals surface area contributed by atoms with Crippen LogP contribution in [0.5, 0.6) is 0 Å². The SMILES string of the molecule is CC1(C)C=CN=CNC1=O. The summed E-state index contributed by atoms with van der Waals surface area (Å²) in [6.45, 7) is 3.68. The largest absolute Gasteiger partial charge is 0.316 e. The lowest BCUT2D eigenvalue weighted by atomic mass is 9.93. The predicted octanol–water partition coefficient (Wildman–Crippen LogP) is 0.684. The average molecular weight is 138 g/mol. The smallest absolute Gasteiger partial charge is 0.234 e. The predicted molar refractivity (Wildman–Crippen MR) is 39.6 cm³/mol. The van der Waals surface area contributed by atoms with Gasteiger partial charge in [-0.1, -0.05) is 6.08 Å². The van der Waals surface area contributed by atoms with Gasteiger partial charge >= 0.3 is 0 Å². The van der Waals surface area contributed by atoms with Gasteiger partial charge in [-0.3, -0.25) is 4.79 Å². The molecule has 0 unspecified atom stereocenters. The number of nitrogens with one attached hydrogen (secondary N) is 1. The summed E-state index contributed by atoms with van der Waals surface area (Å²) in [5.41, 5.74) is -0.434. The Hall–Kier alpha value is -1.12. The Kier molecular flexibility index (Phi) is 1.57. The first-order chi connectivity index (χ1) is 4.63. The van der Waals surface area contributed by atoms with Crippen molar-refractivity contribution in [2.45, 2.75) is 13.8 Å². The number of nitrogens with zero attached hydrogens (tertiary/aromatic N) is 1. The number of hydrogen-bond acceptors (Lipinski definition) is 2. The Balaban J connectivity index is 2.87. The van der Waals surface area contributed by atoms with Crippen LogP contribution in [0.15, 0.2) is 17.3 Å². The molecule has 0 saturated heterocycles. The third-order valence-corrected chi connectivity index (χ3v) is 1.43. The molecule has 0 aliphatic carbocycles. The maximum absolute atomic E-state index is 11.1. The monoisotopic (exact) mass is 138 g/mol. The van der Waals surface area contributed by atoms with Gasteiger partial charge in [0.25, 0.3) is 0 Å². The Labute approximate surface area is 59.8 Å². The maximum Gasteiger partial charge on any atom is 0.234 e. The lowest BCUT2D eigenvalue weighted by Crippen LogP contribution is -2.33. The number of hydrogen-bond donors (Lipinski definition) is 1.